The molecule has 1 saturated heterocycles. The molecule has 0 unspecified atom stereocenters. The molecule has 1 heterocycles. The highest BCUT2D eigenvalue weighted by Crippen LogP contribution is 2.23. The molecule has 33 heavy (non-hydrogen) atoms. The Hall–Kier alpha value is -3.94. The number of piperidine rings is 1. The van der Waals surface area contributed by atoms with Crippen molar-refractivity contribution >= 4 is 34.0 Å². The normalized spacial score (nSPS) is 14.1. The van der Waals surface area contributed by atoms with E-state index in [2.05, 4.69) is 10.6 Å². The zero-order valence-electron chi connectivity index (χ0n) is 18.2. The number of nitro groups is 1. The molecular weight excluding hydrogens is 420 g/mol. The quantitative estimate of drug-likeness (QED) is 0.326. The van der Waals surface area contributed by atoms with Crippen molar-refractivity contribution in [3.05, 3.63) is 82.4 Å². The number of carbonyl (C=O) groups is 2. The fraction of sp³-hybridized carbons (Fsp3) is 0.280. The molecule has 1 aliphatic heterocycles. The molecule has 0 aliphatic carbocycles. The molecule has 8 heteroatoms. The summed E-state index contributed by atoms with van der Waals surface area (Å²) in [5.74, 6) is -0.100. The van der Waals surface area contributed by atoms with Crippen LogP contribution in [-0.2, 0) is 4.79 Å². The predicted molar refractivity (Wildman–Crippen MR) is 127 cm³/mol. The number of hydrogen-bond donors (Lipinski definition) is 2. The number of fused-ring (bicyclic) bond motifs is 1. The van der Waals surface area contributed by atoms with Gasteiger partial charge in [0.05, 0.1) is 4.92 Å². The van der Waals surface area contributed by atoms with Crippen molar-refractivity contribution in [3.63, 3.8) is 0 Å². The van der Waals surface area contributed by atoms with E-state index >= 15 is 0 Å². The Morgan fingerprint density at radius 1 is 0.939 bits per heavy atom. The molecule has 2 amide bonds. The summed E-state index contributed by atoms with van der Waals surface area (Å²) < 4.78 is 0. The second-order valence-electron chi connectivity index (χ2n) is 8.11. The zero-order valence-corrected chi connectivity index (χ0v) is 18.2. The van der Waals surface area contributed by atoms with Gasteiger partial charge >= 0.3 is 0 Å². The third-order valence-electron chi connectivity index (χ3n) is 6.00. The van der Waals surface area contributed by atoms with E-state index in [0.717, 1.165) is 16.5 Å². The highest BCUT2D eigenvalue weighted by molar-refractivity contribution is 6.07. The van der Waals surface area contributed by atoms with Crippen LogP contribution in [-0.4, -0.2) is 47.8 Å². The van der Waals surface area contributed by atoms with Gasteiger partial charge in [-0.15, -0.1) is 0 Å². The van der Waals surface area contributed by atoms with E-state index in [-0.39, 0.29) is 23.4 Å². The average molecular weight is 447 g/mol. The zero-order chi connectivity index (χ0) is 23.2. The van der Waals surface area contributed by atoms with E-state index in [1.807, 2.05) is 47.4 Å². The van der Waals surface area contributed by atoms with Crippen LogP contribution in [0.4, 0.5) is 11.4 Å². The van der Waals surface area contributed by atoms with Gasteiger partial charge in [-0.2, -0.15) is 0 Å². The minimum absolute atomic E-state index is 0.00207. The van der Waals surface area contributed by atoms with Crippen LogP contribution in [0.1, 0.15) is 23.2 Å². The second kappa shape index (κ2) is 10.1. The fourth-order valence-electron chi connectivity index (χ4n) is 4.16. The van der Waals surface area contributed by atoms with Gasteiger partial charge in [0, 0.05) is 55.5 Å². The Kier molecular flexibility index (Phi) is 6.83. The monoisotopic (exact) mass is 446 g/mol. The van der Waals surface area contributed by atoms with E-state index in [1.165, 1.54) is 12.1 Å². The van der Waals surface area contributed by atoms with Crippen LogP contribution < -0.4 is 10.6 Å². The molecule has 0 saturated carbocycles. The maximum atomic E-state index is 13.1. The molecule has 1 aliphatic rings. The van der Waals surface area contributed by atoms with Gasteiger partial charge in [0.1, 0.15) is 0 Å². The molecule has 170 valence electrons. The van der Waals surface area contributed by atoms with Gasteiger partial charge in [-0.1, -0.05) is 36.4 Å². The first-order valence-corrected chi connectivity index (χ1v) is 11.1. The minimum Gasteiger partial charge on any atom is -0.383 e. The third-order valence-corrected chi connectivity index (χ3v) is 6.00. The molecule has 1 fully saturated rings. The molecule has 0 bridgehead atoms. The van der Waals surface area contributed by atoms with Crippen molar-refractivity contribution in [1.82, 2.24) is 10.2 Å². The van der Waals surface area contributed by atoms with E-state index in [0.29, 0.717) is 44.6 Å². The number of nitrogens with zero attached hydrogens (tertiary/aromatic N) is 2. The second-order valence-corrected chi connectivity index (χ2v) is 8.11. The lowest BCUT2D eigenvalue weighted by molar-refractivity contribution is -0.384. The number of non-ortho nitro benzene ring substituents is 1. The average Bonchev–Trinajstić information content (AvgIpc) is 2.86. The van der Waals surface area contributed by atoms with E-state index in [9.17, 15) is 19.7 Å². The number of likely N-dealkylation sites (tertiary alicyclic amines) is 1. The van der Waals surface area contributed by atoms with Gasteiger partial charge in [0.15, 0.2) is 0 Å². The van der Waals surface area contributed by atoms with Crippen molar-refractivity contribution in [1.29, 1.82) is 0 Å². The van der Waals surface area contributed by atoms with E-state index in [4.69, 9.17) is 0 Å². The minimum atomic E-state index is -0.440. The van der Waals surface area contributed by atoms with E-state index in [1.54, 1.807) is 12.1 Å². The van der Waals surface area contributed by atoms with Gasteiger partial charge in [-0.3, -0.25) is 19.7 Å². The summed E-state index contributed by atoms with van der Waals surface area (Å²) in [7, 11) is 0. The molecule has 0 spiro atoms. The Balaban J connectivity index is 1.22. The van der Waals surface area contributed by atoms with Crippen LogP contribution in [0.15, 0.2) is 66.7 Å². The summed E-state index contributed by atoms with van der Waals surface area (Å²) in [4.78, 5) is 37.7. The van der Waals surface area contributed by atoms with Gasteiger partial charge in [-0.05, 0) is 41.8 Å². The summed E-state index contributed by atoms with van der Waals surface area (Å²) in [6.07, 6.45) is 1.27. The maximum absolute atomic E-state index is 13.1. The van der Waals surface area contributed by atoms with Gasteiger partial charge in [0.25, 0.3) is 11.6 Å². The number of hydrogen-bond acceptors (Lipinski definition) is 5. The number of nitrogens with one attached hydrogen (secondary N) is 2. The molecule has 8 nitrogen and oxygen atoms in total. The van der Waals surface area contributed by atoms with Crippen LogP contribution in [0.3, 0.4) is 0 Å². The van der Waals surface area contributed by atoms with Gasteiger partial charge < -0.3 is 15.5 Å². The summed E-state index contributed by atoms with van der Waals surface area (Å²) in [5, 5.41) is 18.8. The van der Waals surface area contributed by atoms with Crippen LogP contribution >= 0.6 is 0 Å². The Morgan fingerprint density at radius 3 is 2.36 bits per heavy atom. The lowest BCUT2D eigenvalue weighted by Crippen LogP contribution is -2.43. The lowest BCUT2D eigenvalue weighted by atomic mass is 9.95. The molecule has 4 rings (SSSR count). The highest BCUT2D eigenvalue weighted by Gasteiger charge is 2.28. The Labute approximate surface area is 191 Å². The maximum Gasteiger partial charge on any atom is 0.269 e. The SMILES string of the molecule is O=C(NCCNc1ccc([N+](=O)[O-])cc1)C1CCN(C(=O)c2cccc3ccccc23)CC1. The van der Waals surface area contributed by atoms with Crippen LogP contribution in [0.2, 0.25) is 0 Å². The third kappa shape index (κ3) is 5.28. The summed E-state index contributed by atoms with van der Waals surface area (Å²) in [5.41, 5.74) is 1.50. The Bertz CT molecular complexity index is 1150. The van der Waals surface area contributed by atoms with E-state index < -0.39 is 4.92 Å². The van der Waals surface area contributed by atoms with Crippen molar-refractivity contribution < 1.29 is 14.5 Å². The predicted octanol–water partition coefficient (Wildman–Crippen LogP) is 3.83. The molecule has 0 atom stereocenters. The van der Waals surface area contributed by atoms with Crippen molar-refractivity contribution in [2.24, 2.45) is 5.92 Å². The number of benzene rings is 3. The molecule has 0 aromatic heterocycles. The van der Waals surface area contributed by atoms with Gasteiger partial charge in [-0.25, -0.2) is 0 Å². The molecular formula is C25H26N4O4. The first kappa shape index (κ1) is 22.3. The molecule has 2 N–H and O–H groups in total. The molecule has 3 aromatic carbocycles. The smallest absolute Gasteiger partial charge is 0.269 e. The fourth-order valence-corrected chi connectivity index (χ4v) is 4.16. The van der Waals surface area contributed by atoms with Crippen molar-refractivity contribution in [2.75, 3.05) is 31.5 Å². The summed E-state index contributed by atoms with van der Waals surface area (Å²) in [6, 6.07) is 19.8. The van der Waals surface area contributed by atoms with Crippen molar-refractivity contribution in [3.8, 4) is 0 Å². The first-order chi connectivity index (χ1) is 16.0. The lowest BCUT2D eigenvalue weighted by Gasteiger charge is -2.31. The first-order valence-electron chi connectivity index (χ1n) is 11.1. The van der Waals surface area contributed by atoms with Crippen LogP contribution in [0, 0.1) is 16.0 Å². The van der Waals surface area contributed by atoms with Crippen LogP contribution in [0.5, 0.6) is 0 Å². The van der Waals surface area contributed by atoms with Crippen LogP contribution in [0.25, 0.3) is 10.8 Å². The summed E-state index contributed by atoms with van der Waals surface area (Å²) >= 11 is 0. The molecule has 0 radical (unpaired) electrons. The molecule has 3 aromatic rings. The number of anilines is 1. The van der Waals surface area contributed by atoms with Gasteiger partial charge in [0.2, 0.25) is 5.91 Å². The number of rotatable bonds is 7. The largest absolute Gasteiger partial charge is 0.383 e. The number of carbonyl (C=O) groups excluding carboxylic acids is 2. The standard InChI is InChI=1S/C25H26N4O4/c30-24(27-15-14-26-20-8-10-21(11-9-20)29(32)33)19-12-16-28(17-13-19)25(31)23-7-3-5-18-4-1-2-6-22(18)23/h1-11,19,26H,12-17H2,(H,27,30). The number of amides is 2. The van der Waals surface area contributed by atoms with Crippen molar-refractivity contribution in [2.45, 2.75) is 12.8 Å². The number of nitro benzene ring substituents is 1. The Morgan fingerprint density at radius 2 is 1.64 bits per heavy atom. The topological polar surface area (TPSA) is 105 Å². The summed E-state index contributed by atoms with van der Waals surface area (Å²) in [6.45, 7) is 2.08. The highest BCUT2D eigenvalue weighted by atomic mass is 16.6.